The quantitative estimate of drug-likeness (QED) is 0.0732. The Balaban J connectivity index is 0. The Morgan fingerprint density at radius 3 is 0.974 bits per heavy atom. The summed E-state index contributed by atoms with van der Waals surface area (Å²) in [6.07, 6.45) is 3.77. The molecule has 0 atom stereocenters. The van der Waals surface area contributed by atoms with Gasteiger partial charge in [-0.3, -0.25) is 0 Å². The van der Waals surface area contributed by atoms with Gasteiger partial charge >= 0.3 is 7.32 Å². The van der Waals surface area contributed by atoms with Crippen LogP contribution in [0.3, 0.4) is 0 Å². The number of hydrogen-bond donors (Lipinski definition) is 0. The summed E-state index contributed by atoms with van der Waals surface area (Å²) in [4.78, 5) is 0. The van der Waals surface area contributed by atoms with E-state index in [0.29, 0.717) is 39.6 Å². The number of thioether (sulfide) groups is 3. The van der Waals surface area contributed by atoms with E-state index in [0.717, 1.165) is 54.8 Å². The molecule has 6 nitrogen and oxygen atoms in total. The molecule has 0 spiro atoms. The maximum Gasteiger partial charge on any atom is 0.639 e. The first-order chi connectivity index (χ1) is 17.9. The van der Waals surface area contributed by atoms with Gasteiger partial charge in [-0.25, -0.2) is 0 Å². The van der Waals surface area contributed by atoms with Gasteiger partial charge in [0.05, 0.1) is 59.5 Å². The summed E-state index contributed by atoms with van der Waals surface area (Å²) in [5.41, 5.74) is 0. The minimum atomic E-state index is -0.725. The van der Waals surface area contributed by atoms with E-state index in [1.807, 2.05) is 35.3 Å². The van der Waals surface area contributed by atoms with Crippen LogP contribution in [0.5, 0.6) is 0 Å². The first kappa shape index (κ1) is 41.1. The third-order valence-electron chi connectivity index (χ3n) is 5.08. The minimum Gasteiger partial charge on any atom is -0.383 e. The van der Waals surface area contributed by atoms with Crippen molar-refractivity contribution in [2.75, 3.05) is 94.0 Å². The Labute approximate surface area is 251 Å². The third-order valence-corrected chi connectivity index (χ3v) is 8.02. The first-order valence-electron chi connectivity index (χ1n) is 14.2. The fourth-order valence-electron chi connectivity index (χ4n) is 2.68. The number of ether oxygens (including phenoxy) is 3. The average molecular weight is 596 g/mol. The molecule has 0 saturated heterocycles. The monoisotopic (exact) mass is 595 g/mol. The Kier molecular flexibility index (Phi) is 35.1. The Morgan fingerprint density at radius 1 is 0.421 bits per heavy atom. The fraction of sp³-hybridized carbons (Fsp3) is 1.00. The first-order valence-corrected chi connectivity index (χ1v) is 17.7. The molecule has 0 saturated carbocycles. The van der Waals surface area contributed by atoms with Crippen LogP contribution in [-0.2, 0) is 28.2 Å². The molecular formula is C27H57B2O6S3. The van der Waals surface area contributed by atoms with Crippen LogP contribution in [0, 0.1) is 17.8 Å². The lowest BCUT2D eigenvalue weighted by atomic mass is 10.2. The van der Waals surface area contributed by atoms with Crippen molar-refractivity contribution in [3.8, 4) is 0 Å². The van der Waals surface area contributed by atoms with Gasteiger partial charge in [-0.1, -0.05) is 41.5 Å². The second-order valence-corrected chi connectivity index (χ2v) is 13.8. The highest BCUT2D eigenvalue weighted by atomic mass is 32.2. The smallest absolute Gasteiger partial charge is 0.383 e. The predicted octanol–water partition coefficient (Wildman–Crippen LogP) is 6.03. The van der Waals surface area contributed by atoms with Crippen molar-refractivity contribution in [2.45, 2.75) is 60.8 Å². The summed E-state index contributed by atoms with van der Waals surface area (Å²) < 4.78 is 34.4. The highest BCUT2D eigenvalue weighted by Gasteiger charge is 2.21. The van der Waals surface area contributed by atoms with Gasteiger partial charge in [0.15, 0.2) is 0 Å². The molecule has 0 aromatic heterocycles. The highest BCUT2D eigenvalue weighted by Crippen LogP contribution is 2.10. The summed E-state index contributed by atoms with van der Waals surface area (Å²) >= 11 is 5.84. The summed E-state index contributed by atoms with van der Waals surface area (Å²) in [5, 5.41) is 0. The van der Waals surface area contributed by atoms with Gasteiger partial charge < -0.3 is 28.2 Å². The standard InChI is InChI=1S/C27H57BO6S3.B/c1-25(2)7-19-35-22-16-29-10-13-32-28(33-14-11-30-17-23-36-20-8-26(3)4)34-15-12-31-18-24-37-21-9-27(5)6;/h25-27H,7-24H2,1-6H3;. The molecule has 38 heavy (non-hydrogen) atoms. The molecule has 0 N–H and O–H groups in total. The van der Waals surface area contributed by atoms with E-state index in [-0.39, 0.29) is 8.41 Å². The van der Waals surface area contributed by atoms with Gasteiger partial charge in [0.1, 0.15) is 0 Å². The van der Waals surface area contributed by atoms with E-state index in [1.165, 1.54) is 36.5 Å². The topological polar surface area (TPSA) is 55.4 Å². The lowest BCUT2D eigenvalue weighted by Gasteiger charge is -2.15. The molecule has 0 bridgehead atoms. The maximum absolute atomic E-state index is 5.77. The van der Waals surface area contributed by atoms with Crippen molar-refractivity contribution >= 4 is 51.0 Å². The zero-order valence-corrected chi connectivity index (χ0v) is 27.7. The van der Waals surface area contributed by atoms with Crippen LogP contribution in [0.1, 0.15) is 60.8 Å². The Morgan fingerprint density at radius 2 is 0.711 bits per heavy atom. The van der Waals surface area contributed by atoms with Gasteiger partial charge in [-0.2, -0.15) is 35.3 Å². The van der Waals surface area contributed by atoms with Crippen LogP contribution in [0.25, 0.3) is 0 Å². The lowest BCUT2D eigenvalue weighted by Crippen LogP contribution is -2.31. The van der Waals surface area contributed by atoms with Crippen LogP contribution in [0.15, 0.2) is 0 Å². The summed E-state index contributed by atoms with van der Waals surface area (Å²) in [6, 6.07) is 0. The van der Waals surface area contributed by atoms with E-state index in [2.05, 4.69) is 41.5 Å². The second kappa shape index (κ2) is 32.5. The van der Waals surface area contributed by atoms with E-state index in [1.54, 1.807) is 0 Å². The van der Waals surface area contributed by atoms with Crippen molar-refractivity contribution in [3.05, 3.63) is 0 Å². The van der Waals surface area contributed by atoms with Gasteiger partial charge in [-0.15, -0.1) is 0 Å². The van der Waals surface area contributed by atoms with Crippen LogP contribution in [0.2, 0.25) is 0 Å². The van der Waals surface area contributed by atoms with Crippen LogP contribution < -0.4 is 0 Å². The zero-order chi connectivity index (χ0) is 27.4. The van der Waals surface area contributed by atoms with Crippen molar-refractivity contribution in [3.63, 3.8) is 0 Å². The van der Waals surface area contributed by atoms with E-state index >= 15 is 0 Å². The molecule has 0 aromatic rings. The van der Waals surface area contributed by atoms with Crippen LogP contribution in [0.4, 0.5) is 0 Å². The van der Waals surface area contributed by atoms with Gasteiger partial charge in [0.2, 0.25) is 0 Å². The molecule has 0 aliphatic carbocycles. The van der Waals surface area contributed by atoms with Crippen LogP contribution >= 0.6 is 35.3 Å². The average Bonchev–Trinajstić information content (AvgIpc) is 2.84. The minimum absolute atomic E-state index is 0. The van der Waals surface area contributed by atoms with Crippen molar-refractivity contribution in [1.82, 2.24) is 0 Å². The molecule has 0 fully saturated rings. The van der Waals surface area contributed by atoms with E-state index < -0.39 is 7.32 Å². The Hall–Kier alpha value is 0.940. The molecule has 0 amide bonds. The molecule has 0 heterocycles. The fourth-order valence-corrected chi connectivity index (χ4v) is 5.91. The lowest BCUT2D eigenvalue weighted by molar-refractivity contribution is 0.0248. The van der Waals surface area contributed by atoms with E-state index in [4.69, 9.17) is 28.2 Å². The molecular weight excluding hydrogens is 538 g/mol. The summed E-state index contributed by atoms with van der Waals surface area (Å²) in [5.74, 6) is 8.91. The SMILES string of the molecule is CC(C)CCSCCOCCOB(OCCOCCSCCC(C)C)OCCOCCSCCC(C)C.[B]. The molecule has 3 radical (unpaired) electrons. The molecule has 0 rings (SSSR count). The molecule has 0 aliphatic heterocycles. The van der Waals surface area contributed by atoms with Gasteiger partial charge in [0, 0.05) is 25.7 Å². The molecule has 0 unspecified atom stereocenters. The van der Waals surface area contributed by atoms with Gasteiger partial charge in [0.25, 0.3) is 0 Å². The van der Waals surface area contributed by atoms with Gasteiger partial charge in [-0.05, 0) is 54.3 Å². The van der Waals surface area contributed by atoms with Crippen LogP contribution in [-0.4, -0.2) is 110 Å². The second-order valence-electron chi connectivity index (χ2n) is 10.1. The van der Waals surface area contributed by atoms with Crippen molar-refractivity contribution < 1.29 is 28.2 Å². The number of rotatable bonds is 30. The number of hydrogen-bond acceptors (Lipinski definition) is 9. The largest absolute Gasteiger partial charge is 0.639 e. The zero-order valence-electron chi connectivity index (χ0n) is 25.3. The Bertz CT molecular complexity index is 393. The molecule has 225 valence electrons. The molecule has 0 aromatic carbocycles. The molecule has 0 aliphatic rings. The van der Waals surface area contributed by atoms with Crippen molar-refractivity contribution in [2.24, 2.45) is 17.8 Å². The third kappa shape index (κ3) is 35.0. The van der Waals surface area contributed by atoms with Crippen molar-refractivity contribution in [1.29, 1.82) is 0 Å². The highest BCUT2D eigenvalue weighted by molar-refractivity contribution is 7.99. The maximum atomic E-state index is 5.77. The normalized spacial score (nSPS) is 11.6. The van der Waals surface area contributed by atoms with E-state index in [9.17, 15) is 0 Å². The summed E-state index contributed by atoms with van der Waals surface area (Å²) in [7, 11) is -0.725. The molecule has 11 heteroatoms. The summed E-state index contributed by atoms with van der Waals surface area (Å²) in [6.45, 7) is 18.7. The predicted molar refractivity (Wildman–Crippen MR) is 172 cm³/mol.